The molecule has 20 heavy (non-hydrogen) atoms. The lowest BCUT2D eigenvalue weighted by Gasteiger charge is -2.40. The zero-order chi connectivity index (χ0) is 14.8. The van der Waals surface area contributed by atoms with Crippen molar-refractivity contribution < 1.29 is 9.90 Å². The van der Waals surface area contributed by atoms with E-state index in [4.69, 9.17) is 5.73 Å². The largest absolute Gasteiger partial charge is 0.508 e. The smallest absolute Gasteiger partial charge is 0.251 e. The number of hydrogen-bond acceptors (Lipinski definition) is 3. The van der Waals surface area contributed by atoms with Crippen molar-refractivity contribution in [3.8, 4) is 5.75 Å². The highest BCUT2D eigenvalue weighted by molar-refractivity contribution is 5.95. The Morgan fingerprint density at radius 2 is 2.30 bits per heavy atom. The summed E-state index contributed by atoms with van der Waals surface area (Å²) in [6.45, 7) is 4.47. The molecule has 4 nitrogen and oxygen atoms in total. The number of aromatic hydroxyl groups is 1. The van der Waals surface area contributed by atoms with Gasteiger partial charge in [-0.05, 0) is 43.4 Å². The fourth-order valence-corrected chi connectivity index (χ4v) is 3.07. The molecule has 2 atom stereocenters. The maximum Gasteiger partial charge on any atom is 0.251 e. The highest BCUT2D eigenvalue weighted by Crippen LogP contribution is 2.32. The van der Waals surface area contributed by atoms with Gasteiger partial charge in [-0.15, -0.1) is 0 Å². The molecule has 110 valence electrons. The number of amides is 1. The normalized spacial score (nSPS) is 26.2. The van der Waals surface area contributed by atoms with Gasteiger partial charge in [0.05, 0.1) is 5.54 Å². The Hall–Kier alpha value is -1.55. The van der Waals surface area contributed by atoms with Crippen LogP contribution in [0.4, 0.5) is 0 Å². The second kappa shape index (κ2) is 5.83. The summed E-state index contributed by atoms with van der Waals surface area (Å²) < 4.78 is 0. The van der Waals surface area contributed by atoms with E-state index in [0.717, 1.165) is 24.8 Å². The number of carbonyl (C=O) groups is 1. The van der Waals surface area contributed by atoms with Crippen LogP contribution < -0.4 is 11.1 Å². The van der Waals surface area contributed by atoms with Crippen molar-refractivity contribution in [1.82, 2.24) is 5.32 Å². The minimum atomic E-state index is -0.296. The van der Waals surface area contributed by atoms with Crippen LogP contribution in [0.5, 0.6) is 5.75 Å². The molecule has 1 fully saturated rings. The molecule has 4 N–H and O–H groups in total. The van der Waals surface area contributed by atoms with Crippen LogP contribution in [-0.2, 0) is 0 Å². The van der Waals surface area contributed by atoms with Crippen molar-refractivity contribution in [3.05, 3.63) is 29.3 Å². The average Bonchev–Trinajstić information content (AvgIpc) is 2.41. The SMILES string of the molecule is Cc1ccc(C(=O)NC2(CN)CCCC(C)C2)cc1O. The first-order valence-electron chi connectivity index (χ1n) is 7.28. The van der Waals surface area contributed by atoms with Crippen LogP contribution in [-0.4, -0.2) is 23.1 Å². The van der Waals surface area contributed by atoms with E-state index in [2.05, 4.69) is 12.2 Å². The molecule has 1 aromatic rings. The van der Waals surface area contributed by atoms with E-state index < -0.39 is 0 Å². The first-order valence-corrected chi connectivity index (χ1v) is 7.28. The molecule has 0 heterocycles. The van der Waals surface area contributed by atoms with Crippen LogP contribution in [0.15, 0.2) is 18.2 Å². The summed E-state index contributed by atoms with van der Waals surface area (Å²) in [7, 11) is 0. The van der Waals surface area contributed by atoms with Gasteiger partial charge >= 0.3 is 0 Å². The van der Waals surface area contributed by atoms with Crippen molar-refractivity contribution in [1.29, 1.82) is 0 Å². The second-order valence-electron chi connectivity index (χ2n) is 6.14. The Balaban J connectivity index is 2.14. The summed E-state index contributed by atoms with van der Waals surface area (Å²) in [5.41, 5.74) is 6.87. The van der Waals surface area contributed by atoms with E-state index in [1.54, 1.807) is 19.1 Å². The Bertz CT molecular complexity index is 501. The molecule has 4 heteroatoms. The van der Waals surface area contributed by atoms with Gasteiger partial charge in [-0.3, -0.25) is 4.79 Å². The molecule has 0 bridgehead atoms. The minimum Gasteiger partial charge on any atom is -0.508 e. The lowest BCUT2D eigenvalue weighted by Crippen LogP contribution is -2.56. The number of carbonyl (C=O) groups excluding carboxylic acids is 1. The van der Waals surface area contributed by atoms with Gasteiger partial charge in [-0.2, -0.15) is 0 Å². The van der Waals surface area contributed by atoms with E-state index in [0.29, 0.717) is 18.0 Å². The quantitative estimate of drug-likeness (QED) is 0.793. The molecule has 1 amide bonds. The van der Waals surface area contributed by atoms with E-state index in [9.17, 15) is 9.90 Å². The molecule has 0 aliphatic heterocycles. The first-order chi connectivity index (χ1) is 9.46. The number of nitrogens with one attached hydrogen (secondary N) is 1. The van der Waals surface area contributed by atoms with Crippen molar-refractivity contribution in [3.63, 3.8) is 0 Å². The topological polar surface area (TPSA) is 75.4 Å². The third kappa shape index (κ3) is 3.12. The van der Waals surface area contributed by atoms with E-state index in [1.165, 1.54) is 12.5 Å². The van der Waals surface area contributed by atoms with Crippen molar-refractivity contribution in [2.24, 2.45) is 11.7 Å². The maximum atomic E-state index is 12.4. The second-order valence-corrected chi connectivity index (χ2v) is 6.14. The van der Waals surface area contributed by atoms with E-state index >= 15 is 0 Å². The molecule has 0 saturated heterocycles. The van der Waals surface area contributed by atoms with Gasteiger partial charge in [0.1, 0.15) is 5.75 Å². The molecule has 0 aromatic heterocycles. The zero-order valence-corrected chi connectivity index (χ0v) is 12.3. The van der Waals surface area contributed by atoms with Gasteiger partial charge in [0, 0.05) is 12.1 Å². The van der Waals surface area contributed by atoms with Crippen LogP contribution in [0.2, 0.25) is 0 Å². The van der Waals surface area contributed by atoms with Crippen molar-refractivity contribution >= 4 is 5.91 Å². The molecular formula is C16H24N2O2. The standard InChI is InChI=1S/C16H24N2O2/c1-11-4-3-7-16(9-11,10-17)18-15(20)13-6-5-12(2)14(19)8-13/h5-6,8,11,19H,3-4,7,9-10,17H2,1-2H3,(H,18,20). The summed E-state index contributed by atoms with van der Waals surface area (Å²) in [6.07, 6.45) is 4.14. The zero-order valence-electron chi connectivity index (χ0n) is 12.3. The molecular weight excluding hydrogens is 252 g/mol. The fourth-order valence-electron chi connectivity index (χ4n) is 3.07. The Labute approximate surface area is 120 Å². The highest BCUT2D eigenvalue weighted by Gasteiger charge is 2.35. The molecule has 1 aliphatic carbocycles. The third-order valence-corrected chi connectivity index (χ3v) is 4.33. The summed E-state index contributed by atoms with van der Waals surface area (Å²) in [5.74, 6) is 0.579. The number of aryl methyl sites for hydroxylation is 1. The number of nitrogens with two attached hydrogens (primary N) is 1. The van der Waals surface area contributed by atoms with E-state index in [-0.39, 0.29) is 17.2 Å². The van der Waals surface area contributed by atoms with Crippen LogP contribution in [0.1, 0.15) is 48.5 Å². The van der Waals surface area contributed by atoms with Gasteiger partial charge < -0.3 is 16.2 Å². The first kappa shape index (κ1) is 14.9. The number of phenols is 1. The van der Waals surface area contributed by atoms with Gasteiger partial charge in [0.2, 0.25) is 0 Å². The summed E-state index contributed by atoms with van der Waals surface area (Å²) in [6, 6.07) is 5.00. The summed E-state index contributed by atoms with van der Waals surface area (Å²) in [4.78, 5) is 12.4. The minimum absolute atomic E-state index is 0.150. The monoisotopic (exact) mass is 276 g/mol. The number of benzene rings is 1. The maximum absolute atomic E-state index is 12.4. The van der Waals surface area contributed by atoms with Crippen molar-refractivity contribution in [2.75, 3.05) is 6.54 Å². The molecule has 0 spiro atoms. The molecule has 0 radical (unpaired) electrons. The molecule has 1 saturated carbocycles. The fraction of sp³-hybridized carbons (Fsp3) is 0.562. The predicted octanol–water partition coefficient (Wildman–Crippen LogP) is 2.34. The lowest BCUT2D eigenvalue weighted by molar-refractivity contribution is 0.0853. The number of hydrogen-bond donors (Lipinski definition) is 3. The summed E-state index contributed by atoms with van der Waals surface area (Å²) in [5, 5.41) is 12.8. The van der Waals surface area contributed by atoms with Gasteiger partial charge in [0.15, 0.2) is 0 Å². The molecule has 1 aromatic carbocycles. The highest BCUT2D eigenvalue weighted by atomic mass is 16.3. The van der Waals surface area contributed by atoms with Gasteiger partial charge in [-0.1, -0.05) is 25.8 Å². The Morgan fingerprint density at radius 3 is 2.90 bits per heavy atom. The molecule has 2 unspecified atom stereocenters. The van der Waals surface area contributed by atoms with Crippen LogP contribution in [0.25, 0.3) is 0 Å². The van der Waals surface area contributed by atoms with Gasteiger partial charge in [-0.25, -0.2) is 0 Å². The summed E-state index contributed by atoms with van der Waals surface area (Å²) >= 11 is 0. The average molecular weight is 276 g/mol. The Kier molecular flexibility index (Phi) is 4.33. The van der Waals surface area contributed by atoms with Crippen molar-refractivity contribution in [2.45, 2.75) is 45.1 Å². The molecule has 1 aliphatic rings. The lowest BCUT2D eigenvalue weighted by atomic mass is 9.76. The Morgan fingerprint density at radius 1 is 1.55 bits per heavy atom. The van der Waals surface area contributed by atoms with Gasteiger partial charge in [0.25, 0.3) is 5.91 Å². The predicted molar refractivity (Wildman–Crippen MR) is 79.7 cm³/mol. The molecule has 2 rings (SSSR count). The van der Waals surface area contributed by atoms with Crippen LogP contribution >= 0.6 is 0 Å². The third-order valence-electron chi connectivity index (χ3n) is 4.33. The van der Waals surface area contributed by atoms with Crippen LogP contribution in [0.3, 0.4) is 0 Å². The van der Waals surface area contributed by atoms with Crippen LogP contribution in [0, 0.1) is 12.8 Å². The number of rotatable bonds is 3. The van der Waals surface area contributed by atoms with E-state index in [1.807, 2.05) is 0 Å². The number of phenolic OH excluding ortho intramolecular Hbond substituents is 1.